The number of aryl methyl sites for hydroxylation is 2. The van der Waals surface area contributed by atoms with E-state index in [9.17, 15) is 4.79 Å². The summed E-state index contributed by atoms with van der Waals surface area (Å²) in [5, 5.41) is 7.05. The van der Waals surface area contributed by atoms with Crippen molar-refractivity contribution in [3.8, 4) is 0 Å². The molecule has 0 bridgehead atoms. The van der Waals surface area contributed by atoms with E-state index in [0.29, 0.717) is 28.7 Å². The Bertz CT molecular complexity index is 666. The van der Waals surface area contributed by atoms with Crippen molar-refractivity contribution in [2.24, 2.45) is 0 Å². The van der Waals surface area contributed by atoms with Crippen LogP contribution in [0.4, 0.5) is 11.4 Å². The molecule has 116 valence electrons. The van der Waals surface area contributed by atoms with Crippen LogP contribution in [0.25, 0.3) is 0 Å². The third-order valence-electron chi connectivity index (χ3n) is 3.20. The molecule has 0 aromatic heterocycles. The molecule has 0 saturated carbocycles. The zero-order valence-corrected chi connectivity index (χ0v) is 14.1. The predicted molar refractivity (Wildman–Crippen MR) is 94.1 cm³/mol. The molecule has 0 fully saturated rings. The lowest BCUT2D eigenvalue weighted by molar-refractivity contribution is -0.115. The van der Waals surface area contributed by atoms with E-state index in [4.69, 9.17) is 23.2 Å². The fraction of sp³-hybridized carbons (Fsp3) is 0.235. The van der Waals surface area contributed by atoms with E-state index in [2.05, 4.69) is 23.6 Å². The number of carbonyl (C=O) groups is 1. The Morgan fingerprint density at radius 3 is 2.36 bits per heavy atom. The lowest BCUT2D eigenvalue weighted by Crippen LogP contribution is -2.16. The second-order valence-electron chi connectivity index (χ2n) is 5.20. The second kappa shape index (κ2) is 7.52. The van der Waals surface area contributed by atoms with Gasteiger partial charge in [-0.05, 0) is 43.7 Å². The zero-order chi connectivity index (χ0) is 16.1. The monoisotopic (exact) mass is 336 g/mol. The molecule has 0 aliphatic rings. The van der Waals surface area contributed by atoms with Crippen LogP contribution in [-0.2, 0) is 4.79 Å². The van der Waals surface area contributed by atoms with Crippen LogP contribution in [0, 0.1) is 13.8 Å². The lowest BCUT2D eigenvalue weighted by Gasteiger charge is -2.11. The van der Waals surface area contributed by atoms with Crippen LogP contribution < -0.4 is 10.6 Å². The number of nitrogens with one attached hydrogen (secondary N) is 2. The molecule has 5 heteroatoms. The van der Waals surface area contributed by atoms with E-state index < -0.39 is 0 Å². The van der Waals surface area contributed by atoms with Gasteiger partial charge in [0.2, 0.25) is 5.91 Å². The van der Waals surface area contributed by atoms with Gasteiger partial charge in [-0.25, -0.2) is 0 Å². The average molecular weight is 337 g/mol. The summed E-state index contributed by atoms with van der Waals surface area (Å²) in [7, 11) is 0. The summed E-state index contributed by atoms with van der Waals surface area (Å²) in [5.74, 6) is -0.0874. The third-order valence-corrected chi connectivity index (χ3v) is 3.63. The van der Waals surface area contributed by atoms with Gasteiger partial charge in [0.1, 0.15) is 0 Å². The van der Waals surface area contributed by atoms with Gasteiger partial charge in [0, 0.05) is 34.4 Å². The minimum Gasteiger partial charge on any atom is -0.384 e. The van der Waals surface area contributed by atoms with Gasteiger partial charge >= 0.3 is 0 Å². The van der Waals surface area contributed by atoms with Gasteiger partial charge in [0.05, 0.1) is 0 Å². The molecule has 2 N–H and O–H groups in total. The van der Waals surface area contributed by atoms with Gasteiger partial charge in [0.15, 0.2) is 0 Å². The van der Waals surface area contributed by atoms with Crippen LogP contribution in [0.15, 0.2) is 36.4 Å². The van der Waals surface area contributed by atoms with E-state index in [1.807, 2.05) is 19.1 Å². The Morgan fingerprint density at radius 1 is 1.05 bits per heavy atom. The number of carbonyl (C=O) groups excluding carboxylic acids is 1. The molecule has 0 heterocycles. The summed E-state index contributed by atoms with van der Waals surface area (Å²) in [5.41, 5.74) is 4.04. The first-order valence-corrected chi connectivity index (χ1v) is 7.77. The highest BCUT2D eigenvalue weighted by Crippen LogP contribution is 2.22. The smallest absolute Gasteiger partial charge is 0.226 e. The van der Waals surface area contributed by atoms with E-state index in [1.54, 1.807) is 18.2 Å². The number of rotatable bonds is 5. The lowest BCUT2D eigenvalue weighted by atomic mass is 10.1. The molecule has 3 nitrogen and oxygen atoms in total. The molecule has 2 rings (SSSR count). The molecule has 22 heavy (non-hydrogen) atoms. The number of anilines is 2. The maximum absolute atomic E-state index is 11.9. The van der Waals surface area contributed by atoms with E-state index in [1.165, 1.54) is 11.1 Å². The maximum Gasteiger partial charge on any atom is 0.226 e. The molecule has 0 aliphatic heterocycles. The van der Waals surface area contributed by atoms with Crippen LogP contribution in [0.1, 0.15) is 17.5 Å². The topological polar surface area (TPSA) is 41.1 Å². The SMILES string of the molecule is Cc1ccc(NCCC(=O)Nc2cc(Cl)cc(Cl)c2)c(C)c1. The van der Waals surface area contributed by atoms with Crippen molar-refractivity contribution in [2.45, 2.75) is 20.3 Å². The van der Waals surface area contributed by atoms with Crippen LogP contribution in [0.2, 0.25) is 10.0 Å². The summed E-state index contributed by atoms with van der Waals surface area (Å²) in [4.78, 5) is 11.9. The van der Waals surface area contributed by atoms with Gasteiger partial charge in [-0.1, -0.05) is 40.9 Å². The maximum atomic E-state index is 11.9. The molecular weight excluding hydrogens is 319 g/mol. The highest BCUT2D eigenvalue weighted by atomic mass is 35.5. The Morgan fingerprint density at radius 2 is 1.73 bits per heavy atom. The van der Waals surface area contributed by atoms with Crippen molar-refractivity contribution < 1.29 is 4.79 Å². The first-order valence-electron chi connectivity index (χ1n) is 7.01. The van der Waals surface area contributed by atoms with Crippen LogP contribution in [-0.4, -0.2) is 12.5 Å². The van der Waals surface area contributed by atoms with Crippen molar-refractivity contribution in [1.82, 2.24) is 0 Å². The number of hydrogen-bond donors (Lipinski definition) is 2. The quantitative estimate of drug-likeness (QED) is 0.801. The van der Waals surface area contributed by atoms with Crippen molar-refractivity contribution >= 4 is 40.5 Å². The highest BCUT2D eigenvalue weighted by molar-refractivity contribution is 6.35. The molecule has 0 spiro atoms. The molecule has 1 amide bonds. The third kappa shape index (κ3) is 4.93. The van der Waals surface area contributed by atoms with Crippen molar-refractivity contribution in [2.75, 3.05) is 17.2 Å². The molecule has 0 atom stereocenters. The van der Waals surface area contributed by atoms with E-state index in [0.717, 1.165) is 5.69 Å². The van der Waals surface area contributed by atoms with Crippen molar-refractivity contribution in [3.63, 3.8) is 0 Å². The van der Waals surface area contributed by atoms with Gasteiger partial charge in [-0.3, -0.25) is 4.79 Å². The summed E-state index contributed by atoms with van der Waals surface area (Å²) < 4.78 is 0. The van der Waals surface area contributed by atoms with Crippen LogP contribution in [0.5, 0.6) is 0 Å². The summed E-state index contributed by atoms with van der Waals surface area (Å²) >= 11 is 11.8. The normalized spacial score (nSPS) is 10.4. The van der Waals surface area contributed by atoms with Gasteiger partial charge in [-0.2, -0.15) is 0 Å². The zero-order valence-electron chi connectivity index (χ0n) is 12.5. The van der Waals surface area contributed by atoms with Crippen molar-refractivity contribution in [3.05, 3.63) is 57.6 Å². The van der Waals surface area contributed by atoms with E-state index in [-0.39, 0.29) is 5.91 Å². The van der Waals surface area contributed by atoms with Gasteiger partial charge in [0.25, 0.3) is 0 Å². The Balaban J connectivity index is 1.85. The highest BCUT2D eigenvalue weighted by Gasteiger charge is 2.05. The molecule has 0 saturated heterocycles. The minimum absolute atomic E-state index is 0.0874. The summed E-state index contributed by atoms with van der Waals surface area (Å²) in [6.07, 6.45) is 0.359. The Labute approximate surface area is 140 Å². The number of amides is 1. The molecular formula is C17H18Cl2N2O. The fourth-order valence-corrected chi connectivity index (χ4v) is 2.70. The average Bonchev–Trinajstić information content (AvgIpc) is 2.40. The fourth-order valence-electron chi connectivity index (χ4n) is 2.17. The molecule has 2 aromatic rings. The largest absolute Gasteiger partial charge is 0.384 e. The minimum atomic E-state index is -0.0874. The van der Waals surface area contributed by atoms with E-state index >= 15 is 0 Å². The van der Waals surface area contributed by atoms with Crippen molar-refractivity contribution in [1.29, 1.82) is 0 Å². The molecule has 0 aliphatic carbocycles. The molecule has 0 unspecified atom stereocenters. The predicted octanol–water partition coefficient (Wildman–Crippen LogP) is 5.05. The van der Waals surface area contributed by atoms with Gasteiger partial charge in [-0.15, -0.1) is 0 Å². The first-order chi connectivity index (χ1) is 10.4. The van der Waals surface area contributed by atoms with Gasteiger partial charge < -0.3 is 10.6 Å². The summed E-state index contributed by atoms with van der Waals surface area (Å²) in [6.45, 7) is 4.66. The number of benzene rings is 2. The Kier molecular flexibility index (Phi) is 5.69. The number of hydrogen-bond acceptors (Lipinski definition) is 2. The number of halogens is 2. The molecule has 0 radical (unpaired) electrons. The van der Waals surface area contributed by atoms with Crippen LogP contribution in [0.3, 0.4) is 0 Å². The first kappa shape index (κ1) is 16.7. The molecule has 2 aromatic carbocycles. The van der Waals surface area contributed by atoms with Crippen LogP contribution >= 0.6 is 23.2 Å². The Hall–Kier alpha value is -1.71. The second-order valence-corrected chi connectivity index (χ2v) is 6.07. The summed E-state index contributed by atoms with van der Waals surface area (Å²) in [6, 6.07) is 11.1. The standard InChI is InChI=1S/C17H18Cl2N2O/c1-11-3-4-16(12(2)7-11)20-6-5-17(22)21-15-9-13(18)8-14(19)10-15/h3-4,7-10,20H,5-6H2,1-2H3,(H,21,22).